The van der Waals surface area contributed by atoms with Gasteiger partial charge in [0.1, 0.15) is 0 Å². The van der Waals surface area contributed by atoms with E-state index in [9.17, 15) is 4.79 Å². The van der Waals surface area contributed by atoms with Crippen molar-refractivity contribution in [2.24, 2.45) is 5.73 Å². The van der Waals surface area contributed by atoms with Gasteiger partial charge in [-0.2, -0.15) is 0 Å². The lowest BCUT2D eigenvalue weighted by Crippen LogP contribution is -2.35. The molecule has 5 heteroatoms. The van der Waals surface area contributed by atoms with Crippen molar-refractivity contribution in [3.8, 4) is 11.5 Å². The van der Waals surface area contributed by atoms with Crippen LogP contribution < -0.4 is 20.5 Å². The molecule has 0 fully saturated rings. The number of fused-ring (bicyclic) bond motifs is 1. The second-order valence-corrected chi connectivity index (χ2v) is 3.76. The maximum absolute atomic E-state index is 11.7. The molecule has 1 aliphatic heterocycles. The Balaban J connectivity index is 2.06. The molecule has 16 heavy (non-hydrogen) atoms. The van der Waals surface area contributed by atoms with Crippen LogP contribution in [0.3, 0.4) is 0 Å². The van der Waals surface area contributed by atoms with Crippen LogP contribution >= 0.6 is 0 Å². The van der Waals surface area contributed by atoms with Gasteiger partial charge in [-0.25, -0.2) is 0 Å². The quantitative estimate of drug-likeness (QED) is 0.780. The summed E-state index contributed by atoms with van der Waals surface area (Å²) in [6, 6.07) is 5.03. The molecule has 1 aromatic carbocycles. The zero-order valence-electron chi connectivity index (χ0n) is 9.03. The number of amides is 1. The average Bonchev–Trinajstić information content (AvgIpc) is 2.72. The largest absolute Gasteiger partial charge is 0.454 e. The maximum atomic E-state index is 11.7. The molecule has 1 amide bonds. The minimum atomic E-state index is -0.157. The molecular weight excluding hydrogens is 208 g/mol. The highest BCUT2D eigenvalue weighted by molar-refractivity contribution is 5.94. The molecule has 3 N–H and O–H groups in total. The number of nitrogens with two attached hydrogens (primary N) is 1. The number of ether oxygens (including phenoxy) is 2. The van der Waals surface area contributed by atoms with E-state index < -0.39 is 0 Å². The van der Waals surface area contributed by atoms with Gasteiger partial charge in [0.15, 0.2) is 11.5 Å². The van der Waals surface area contributed by atoms with Crippen LogP contribution in [0.2, 0.25) is 0 Å². The van der Waals surface area contributed by atoms with Gasteiger partial charge in [-0.05, 0) is 25.1 Å². The lowest BCUT2D eigenvalue weighted by atomic mass is 10.2. The SMILES string of the molecule is CC(N)CNC(=O)c1ccc2c(c1)OCO2. The normalized spacial score (nSPS) is 14.6. The minimum Gasteiger partial charge on any atom is -0.454 e. The first kappa shape index (κ1) is 10.8. The summed E-state index contributed by atoms with van der Waals surface area (Å²) in [4.78, 5) is 11.7. The summed E-state index contributed by atoms with van der Waals surface area (Å²) in [5, 5.41) is 2.73. The molecule has 0 aromatic heterocycles. The predicted octanol–water partition coefficient (Wildman–Crippen LogP) is 0.492. The van der Waals surface area contributed by atoms with Crippen LogP contribution in [-0.2, 0) is 0 Å². The Morgan fingerprint density at radius 3 is 3.00 bits per heavy atom. The molecule has 1 heterocycles. The third kappa shape index (κ3) is 2.25. The number of carbonyl (C=O) groups is 1. The highest BCUT2D eigenvalue weighted by atomic mass is 16.7. The Labute approximate surface area is 93.5 Å². The van der Waals surface area contributed by atoms with E-state index in [0.717, 1.165) is 0 Å². The summed E-state index contributed by atoms with van der Waals surface area (Å²) >= 11 is 0. The van der Waals surface area contributed by atoms with Crippen LogP contribution in [0.15, 0.2) is 18.2 Å². The molecule has 1 atom stereocenters. The van der Waals surface area contributed by atoms with E-state index in [2.05, 4.69) is 5.32 Å². The molecule has 1 aliphatic rings. The summed E-state index contributed by atoms with van der Waals surface area (Å²) in [7, 11) is 0. The number of hydrogen-bond acceptors (Lipinski definition) is 4. The van der Waals surface area contributed by atoms with Crippen molar-refractivity contribution in [1.82, 2.24) is 5.32 Å². The van der Waals surface area contributed by atoms with Crippen molar-refractivity contribution in [2.45, 2.75) is 13.0 Å². The van der Waals surface area contributed by atoms with E-state index in [1.54, 1.807) is 18.2 Å². The van der Waals surface area contributed by atoms with Crippen LogP contribution in [0.1, 0.15) is 17.3 Å². The molecule has 0 aliphatic carbocycles. The van der Waals surface area contributed by atoms with E-state index in [-0.39, 0.29) is 18.7 Å². The van der Waals surface area contributed by atoms with E-state index in [1.165, 1.54) is 0 Å². The average molecular weight is 222 g/mol. The molecule has 0 spiro atoms. The fourth-order valence-corrected chi connectivity index (χ4v) is 1.39. The van der Waals surface area contributed by atoms with E-state index >= 15 is 0 Å². The third-order valence-corrected chi connectivity index (χ3v) is 2.22. The highest BCUT2D eigenvalue weighted by Crippen LogP contribution is 2.32. The number of hydrogen-bond donors (Lipinski definition) is 2. The molecule has 86 valence electrons. The van der Waals surface area contributed by atoms with Crippen LogP contribution in [0, 0.1) is 0 Å². The first-order valence-corrected chi connectivity index (χ1v) is 5.10. The van der Waals surface area contributed by atoms with Gasteiger partial charge in [0.25, 0.3) is 5.91 Å². The van der Waals surface area contributed by atoms with Crippen LogP contribution in [0.5, 0.6) is 11.5 Å². The lowest BCUT2D eigenvalue weighted by Gasteiger charge is -2.07. The Hall–Kier alpha value is -1.75. The minimum absolute atomic E-state index is 0.0574. The van der Waals surface area contributed by atoms with Crippen molar-refractivity contribution in [3.05, 3.63) is 23.8 Å². The second kappa shape index (κ2) is 4.40. The summed E-state index contributed by atoms with van der Waals surface area (Å²) < 4.78 is 10.3. The molecule has 0 saturated carbocycles. The van der Waals surface area contributed by atoms with E-state index in [1.807, 2.05) is 6.92 Å². The summed E-state index contributed by atoms with van der Waals surface area (Å²) in [5.74, 6) is 1.12. The molecule has 5 nitrogen and oxygen atoms in total. The Kier molecular flexibility index (Phi) is 2.96. The zero-order valence-corrected chi connectivity index (χ0v) is 9.03. The highest BCUT2D eigenvalue weighted by Gasteiger charge is 2.15. The van der Waals surface area contributed by atoms with Gasteiger partial charge >= 0.3 is 0 Å². The summed E-state index contributed by atoms with van der Waals surface area (Å²) in [6.45, 7) is 2.49. The summed E-state index contributed by atoms with van der Waals surface area (Å²) in [5.41, 5.74) is 6.10. The Morgan fingerprint density at radius 1 is 1.50 bits per heavy atom. The smallest absolute Gasteiger partial charge is 0.251 e. The van der Waals surface area contributed by atoms with Crippen molar-refractivity contribution >= 4 is 5.91 Å². The third-order valence-electron chi connectivity index (χ3n) is 2.22. The van der Waals surface area contributed by atoms with E-state index in [0.29, 0.717) is 23.6 Å². The molecular formula is C11H14N2O3. The molecule has 0 bridgehead atoms. The monoisotopic (exact) mass is 222 g/mol. The standard InChI is InChI=1S/C11H14N2O3/c1-7(12)5-13-11(14)8-2-3-9-10(4-8)16-6-15-9/h2-4,7H,5-6,12H2,1H3,(H,13,14). The first-order valence-electron chi connectivity index (χ1n) is 5.10. The van der Waals surface area contributed by atoms with Gasteiger partial charge in [-0.3, -0.25) is 4.79 Å². The van der Waals surface area contributed by atoms with Gasteiger partial charge in [-0.15, -0.1) is 0 Å². The van der Waals surface area contributed by atoms with Gasteiger partial charge in [-0.1, -0.05) is 0 Å². The predicted molar refractivity (Wildman–Crippen MR) is 58.5 cm³/mol. The van der Waals surface area contributed by atoms with Crippen molar-refractivity contribution in [1.29, 1.82) is 0 Å². The molecule has 0 saturated heterocycles. The number of rotatable bonds is 3. The molecule has 2 rings (SSSR count). The Morgan fingerprint density at radius 2 is 2.25 bits per heavy atom. The van der Waals surface area contributed by atoms with Gasteiger partial charge in [0.05, 0.1) is 0 Å². The van der Waals surface area contributed by atoms with Gasteiger partial charge in [0, 0.05) is 18.2 Å². The second-order valence-electron chi connectivity index (χ2n) is 3.76. The van der Waals surface area contributed by atoms with E-state index in [4.69, 9.17) is 15.2 Å². The molecule has 1 unspecified atom stereocenters. The lowest BCUT2D eigenvalue weighted by molar-refractivity contribution is 0.0951. The zero-order chi connectivity index (χ0) is 11.5. The van der Waals surface area contributed by atoms with Crippen molar-refractivity contribution in [2.75, 3.05) is 13.3 Å². The van der Waals surface area contributed by atoms with Crippen LogP contribution in [0.4, 0.5) is 0 Å². The molecule has 1 aromatic rings. The van der Waals surface area contributed by atoms with Gasteiger partial charge < -0.3 is 20.5 Å². The first-order chi connectivity index (χ1) is 7.66. The Bertz CT molecular complexity index is 404. The number of benzene rings is 1. The molecule has 0 radical (unpaired) electrons. The number of carbonyl (C=O) groups excluding carboxylic acids is 1. The van der Waals surface area contributed by atoms with Crippen molar-refractivity contribution in [3.63, 3.8) is 0 Å². The topological polar surface area (TPSA) is 73.6 Å². The van der Waals surface area contributed by atoms with Crippen LogP contribution in [-0.4, -0.2) is 25.3 Å². The van der Waals surface area contributed by atoms with Gasteiger partial charge in [0.2, 0.25) is 6.79 Å². The number of nitrogens with one attached hydrogen (secondary N) is 1. The summed E-state index contributed by atoms with van der Waals surface area (Å²) in [6.07, 6.45) is 0. The maximum Gasteiger partial charge on any atom is 0.251 e. The fourth-order valence-electron chi connectivity index (χ4n) is 1.39. The van der Waals surface area contributed by atoms with Crippen LogP contribution in [0.25, 0.3) is 0 Å². The fraction of sp³-hybridized carbons (Fsp3) is 0.364. The van der Waals surface area contributed by atoms with Crippen molar-refractivity contribution < 1.29 is 14.3 Å².